The van der Waals surface area contributed by atoms with Gasteiger partial charge in [0.15, 0.2) is 0 Å². The van der Waals surface area contributed by atoms with Crippen molar-refractivity contribution in [2.75, 3.05) is 26.2 Å². The third-order valence-electron chi connectivity index (χ3n) is 4.74. The Bertz CT molecular complexity index is 360. The van der Waals surface area contributed by atoms with Gasteiger partial charge in [-0.1, -0.05) is 0 Å². The highest BCUT2D eigenvalue weighted by Gasteiger charge is 2.34. The number of rotatable bonds is 2. The first kappa shape index (κ1) is 14.3. The molecule has 0 aromatic rings. The van der Waals surface area contributed by atoms with Gasteiger partial charge in [-0.2, -0.15) is 5.26 Å². The van der Waals surface area contributed by atoms with E-state index in [0.29, 0.717) is 0 Å². The smallest absolute Gasteiger partial charge is 0.239 e. The molecule has 0 spiro atoms. The van der Waals surface area contributed by atoms with E-state index in [1.807, 2.05) is 18.7 Å². The summed E-state index contributed by atoms with van der Waals surface area (Å²) in [6.07, 6.45) is 5.29. The highest BCUT2D eigenvalue weighted by Crippen LogP contribution is 2.30. The van der Waals surface area contributed by atoms with Gasteiger partial charge in [-0.05, 0) is 46.0 Å². The molecule has 0 bridgehead atoms. The van der Waals surface area contributed by atoms with Gasteiger partial charge in [0.05, 0.1) is 17.5 Å². The second kappa shape index (κ2) is 5.92. The number of carbonyl (C=O) groups is 1. The standard InChI is InChI=1S/C15H25N3O/c1-13(14(19)18-8-4-3-5-9-18)17-10-6-15(2,12-16)7-11-17/h13H,3-11H2,1-2H3. The van der Waals surface area contributed by atoms with Crippen LogP contribution in [-0.4, -0.2) is 47.9 Å². The molecular weight excluding hydrogens is 238 g/mol. The normalized spacial score (nSPS) is 25.6. The monoisotopic (exact) mass is 263 g/mol. The van der Waals surface area contributed by atoms with E-state index >= 15 is 0 Å². The number of carbonyl (C=O) groups excluding carboxylic acids is 1. The number of amides is 1. The molecule has 4 nitrogen and oxygen atoms in total. The molecule has 1 atom stereocenters. The summed E-state index contributed by atoms with van der Waals surface area (Å²) in [6.45, 7) is 7.63. The molecular formula is C15H25N3O. The first-order valence-corrected chi connectivity index (χ1v) is 7.50. The lowest BCUT2D eigenvalue weighted by Gasteiger charge is -2.39. The molecule has 0 saturated carbocycles. The maximum Gasteiger partial charge on any atom is 0.239 e. The van der Waals surface area contributed by atoms with Crippen LogP contribution in [0.2, 0.25) is 0 Å². The van der Waals surface area contributed by atoms with Gasteiger partial charge in [0, 0.05) is 26.2 Å². The van der Waals surface area contributed by atoms with Gasteiger partial charge in [-0.3, -0.25) is 9.69 Å². The summed E-state index contributed by atoms with van der Waals surface area (Å²) < 4.78 is 0. The summed E-state index contributed by atoms with van der Waals surface area (Å²) in [5.74, 6) is 0.278. The van der Waals surface area contributed by atoms with Crippen molar-refractivity contribution in [1.29, 1.82) is 5.26 Å². The Kier molecular flexibility index (Phi) is 4.46. The summed E-state index contributed by atoms with van der Waals surface area (Å²) in [7, 11) is 0. The van der Waals surface area contributed by atoms with Crippen molar-refractivity contribution < 1.29 is 4.79 Å². The van der Waals surface area contributed by atoms with Crippen LogP contribution in [0.3, 0.4) is 0 Å². The second-order valence-corrected chi connectivity index (χ2v) is 6.27. The third kappa shape index (κ3) is 3.27. The number of piperidine rings is 2. The Morgan fingerprint density at radius 2 is 1.74 bits per heavy atom. The van der Waals surface area contributed by atoms with Gasteiger partial charge in [0.2, 0.25) is 5.91 Å². The average Bonchev–Trinajstić information content (AvgIpc) is 2.47. The molecule has 0 N–H and O–H groups in total. The van der Waals surface area contributed by atoms with E-state index in [9.17, 15) is 4.79 Å². The van der Waals surface area contributed by atoms with Crippen LogP contribution in [0.1, 0.15) is 46.0 Å². The molecule has 2 saturated heterocycles. The lowest BCUT2D eigenvalue weighted by Crippen LogP contribution is -2.51. The van der Waals surface area contributed by atoms with E-state index in [1.54, 1.807) is 0 Å². The zero-order valence-corrected chi connectivity index (χ0v) is 12.2. The lowest BCUT2D eigenvalue weighted by atomic mass is 9.81. The molecule has 2 heterocycles. The Labute approximate surface area is 116 Å². The summed E-state index contributed by atoms with van der Waals surface area (Å²) in [5.41, 5.74) is -0.190. The van der Waals surface area contributed by atoms with E-state index in [1.165, 1.54) is 6.42 Å². The predicted molar refractivity (Wildman–Crippen MR) is 74.4 cm³/mol. The maximum atomic E-state index is 12.4. The fourth-order valence-corrected chi connectivity index (χ4v) is 3.05. The number of likely N-dealkylation sites (tertiary alicyclic amines) is 2. The Morgan fingerprint density at radius 1 is 1.16 bits per heavy atom. The third-order valence-corrected chi connectivity index (χ3v) is 4.74. The van der Waals surface area contributed by atoms with Gasteiger partial charge in [-0.15, -0.1) is 0 Å². The quantitative estimate of drug-likeness (QED) is 0.765. The molecule has 2 fully saturated rings. The number of hydrogen-bond donors (Lipinski definition) is 0. The molecule has 106 valence electrons. The van der Waals surface area contributed by atoms with Crippen molar-refractivity contribution in [2.45, 2.75) is 52.0 Å². The van der Waals surface area contributed by atoms with Crippen LogP contribution in [0.4, 0.5) is 0 Å². The topological polar surface area (TPSA) is 47.3 Å². The van der Waals surface area contributed by atoms with Gasteiger partial charge in [0.25, 0.3) is 0 Å². The van der Waals surface area contributed by atoms with Gasteiger partial charge in [0.1, 0.15) is 0 Å². The molecule has 2 rings (SSSR count). The maximum absolute atomic E-state index is 12.4. The molecule has 4 heteroatoms. The summed E-state index contributed by atoms with van der Waals surface area (Å²) in [5, 5.41) is 9.14. The minimum atomic E-state index is -0.190. The van der Waals surface area contributed by atoms with Crippen molar-refractivity contribution in [2.24, 2.45) is 5.41 Å². The zero-order chi connectivity index (χ0) is 13.9. The van der Waals surface area contributed by atoms with Gasteiger partial charge in [-0.25, -0.2) is 0 Å². The molecule has 0 aliphatic carbocycles. The van der Waals surface area contributed by atoms with E-state index in [2.05, 4.69) is 11.0 Å². The van der Waals surface area contributed by atoms with Crippen LogP contribution >= 0.6 is 0 Å². The Hall–Kier alpha value is -1.08. The molecule has 1 amide bonds. The van der Waals surface area contributed by atoms with Crippen molar-refractivity contribution in [3.63, 3.8) is 0 Å². The minimum absolute atomic E-state index is 0.0265. The van der Waals surface area contributed by atoms with Crippen molar-refractivity contribution in [1.82, 2.24) is 9.80 Å². The highest BCUT2D eigenvalue weighted by molar-refractivity contribution is 5.81. The zero-order valence-electron chi connectivity index (χ0n) is 12.2. The molecule has 0 aromatic heterocycles. The van der Waals surface area contributed by atoms with E-state index in [4.69, 9.17) is 5.26 Å². The molecule has 2 aliphatic rings. The Balaban J connectivity index is 1.88. The second-order valence-electron chi connectivity index (χ2n) is 6.27. The molecule has 0 aromatic carbocycles. The number of nitrogens with zero attached hydrogens (tertiary/aromatic N) is 3. The molecule has 2 aliphatic heterocycles. The average molecular weight is 263 g/mol. The van der Waals surface area contributed by atoms with Crippen molar-refractivity contribution >= 4 is 5.91 Å². The van der Waals surface area contributed by atoms with E-state index in [-0.39, 0.29) is 17.4 Å². The molecule has 19 heavy (non-hydrogen) atoms. The van der Waals surface area contributed by atoms with E-state index in [0.717, 1.165) is 51.9 Å². The molecule has 0 radical (unpaired) electrons. The van der Waals surface area contributed by atoms with Crippen LogP contribution in [0.5, 0.6) is 0 Å². The first-order chi connectivity index (χ1) is 9.06. The van der Waals surface area contributed by atoms with Crippen LogP contribution in [0, 0.1) is 16.7 Å². The highest BCUT2D eigenvalue weighted by atomic mass is 16.2. The SMILES string of the molecule is CC(C(=O)N1CCCCC1)N1CCC(C)(C#N)CC1. The van der Waals surface area contributed by atoms with Crippen LogP contribution < -0.4 is 0 Å². The minimum Gasteiger partial charge on any atom is -0.341 e. The largest absolute Gasteiger partial charge is 0.341 e. The van der Waals surface area contributed by atoms with Crippen LogP contribution in [-0.2, 0) is 4.79 Å². The van der Waals surface area contributed by atoms with Crippen molar-refractivity contribution in [3.05, 3.63) is 0 Å². The first-order valence-electron chi connectivity index (χ1n) is 7.50. The van der Waals surface area contributed by atoms with Crippen molar-refractivity contribution in [3.8, 4) is 6.07 Å². The predicted octanol–water partition coefficient (Wildman–Crippen LogP) is 2.01. The number of nitriles is 1. The van der Waals surface area contributed by atoms with E-state index < -0.39 is 0 Å². The summed E-state index contributed by atoms with van der Waals surface area (Å²) in [6, 6.07) is 2.38. The number of hydrogen-bond acceptors (Lipinski definition) is 3. The van der Waals surface area contributed by atoms with Gasteiger partial charge < -0.3 is 4.90 Å². The molecule has 1 unspecified atom stereocenters. The van der Waals surface area contributed by atoms with Crippen LogP contribution in [0.15, 0.2) is 0 Å². The summed E-state index contributed by atoms with van der Waals surface area (Å²) in [4.78, 5) is 16.7. The lowest BCUT2D eigenvalue weighted by molar-refractivity contribution is -0.138. The Morgan fingerprint density at radius 3 is 2.26 bits per heavy atom. The fourth-order valence-electron chi connectivity index (χ4n) is 3.05. The van der Waals surface area contributed by atoms with Gasteiger partial charge >= 0.3 is 0 Å². The van der Waals surface area contributed by atoms with Crippen LogP contribution in [0.25, 0.3) is 0 Å². The summed E-state index contributed by atoms with van der Waals surface area (Å²) >= 11 is 0. The fraction of sp³-hybridized carbons (Fsp3) is 0.867.